The molecule has 0 bridgehead atoms. The van der Waals surface area contributed by atoms with Crippen LogP contribution in [0.25, 0.3) is 0 Å². The predicted molar refractivity (Wildman–Crippen MR) is 99.8 cm³/mol. The third-order valence-corrected chi connectivity index (χ3v) is 4.17. The van der Waals surface area contributed by atoms with Crippen LogP contribution in [-0.4, -0.2) is 25.3 Å². The van der Waals surface area contributed by atoms with Gasteiger partial charge in [0.2, 0.25) is 0 Å². The molecule has 0 radical (unpaired) electrons. The Labute approximate surface area is 144 Å². The van der Waals surface area contributed by atoms with E-state index in [4.69, 9.17) is 10.5 Å². The van der Waals surface area contributed by atoms with Gasteiger partial charge in [0.1, 0.15) is 0 Å². The van der Waals surface area contributed by atoms with Gasteiger partial charge in [-0.05, 0) is 43.2 Å². The highest BCUT2D eigenvalue weighted by atomic mass is 16.5. The van der Waals surface area contributed by atoms with E-state index in [1.54, 1.807) is 13.2 Å². The summed E-state index contributed by atoms with van der Waals surface area (Å²) in [5.74, 6) is 0.631. The van der Waals surface area contributed by atoms with E-state index in [9.17, 15) is 5.11 Å². The maximum Gasteiger partial charge on any atom is 0.161 e. The van der Waals surface area contributed by atoms with Crippen molar-refractivity contribution in [1.29, 1.82) is 0 Å². The van der Waals surface area contributed by atoms with Gasteiger partial charge in [0.15, 0.2) is 11.5 Å². The number of phenols is 1. The quantitative estimate of drug-likeness (QED) is 0.727. The smallest absolute Gasteiger partial charge is 0.161 e. The minimum atomic E-state index is -0.00420. The van der Waals surface area contributed by atoms with E-state index >= 15 is 0 Å². The maximum atomic E-state index is 10.3. The molecule has 1 atom stereocenters. The highest BCUT2D eigenvalue weighted by molar-refractivity contribution is 5.54. The number of aromatic hydroxyl groups is 1. The average molecular weight is 326 g/mol. The Kier molecular flexibility index (Phi) is 6.27. The molecule has 2 aromatic carbocycles. The lowest BCUT2D eigenvalue weighted by Gasteiger charge is -2.33. The van der Waals surface area contributed by atoms with Crippen LogP contribution in [0.4, 0.5) is 5.69 Å². The lowest BCUT2D eigenvalue weighted by molar-refractivity contribution is 0.370. The SMILES string of the molecule is C=CCc1cc(C(CN)N(CC)c2ccccc2)cc(OC)c1O. The fourth-order valence-electron chi connectivity index (χ4n) is 2.99. The molecule has 0 spiro atoms. The van der Waals surface area contributed by atoms with Crippen molar-refractivity contribution in [2.45, 2.75) is 19.4 Å². The number of methoxy groups -OCH3 is 1. The van der Waals surface area contributed by atoms with E-state index in [-0.39, 0.29) is 11.8 Å². The average Bonchev–Trinajstić information content (AvgIpc) is 2.62. The van der Waals surface area contributed by atoms with E-state index in [1.165, 1.54) is 0 Å². The van der Waals surface area contributed by atoms with Gasteiger partial charge in [0, 0.05) is 24.3 Å². The summed E-state index contributed by atoms with van der Waals surface area (Å²) in [7, 11) is 1.56. The summed E-state index contributed by atoms with van der Waals surface area (Å²) in [6.45, 7) is 7.16. The van der Waals surface area contributed by atoms with E-state index in [0.717, 1.165) is 23.4 Å². The number of ether oxygens (including phenoxy) is 1. The van der Waals surface area contributed by atoms with E-state index in [0.29, 0.717) is 18.7 Å². The Morgan fingerprint density at radius 2 is 2.00 bits per heavy atom. The molecule has 0 saturated carbocycles. The number of nitrogens with zero attached hydrogens (tertiary/aromatic N) is 1. The molecule has 4 heteroatoms. The number of hydrogen-bond acceptors (Lipinski definition) is 4. The van der Waals surface area contributed by atoms with Gasteiger partial charge in [-0.3, -0.25) is 0 Å². The lowest BCUT2D eigenvalue weighted by atomic mass is 9.99. The summed E-state index contributed by atoms with van der Waals surface area (Å²) < 4.78 is 5.34. The number of allylic oxidation sites excluding steroid dienone is 1. The number of para-hydroxylation sites is 1. The molecule has 0 heterocycles. The van der Waals surface area contributed by atoms with Crippen molar-refractivity contribution in [3.05, 3.63) is 66.2 Å². The van der Waals surface area contributed by atoms with Crippen LogP contribution in [0.15, 0.2) is 55.1 Å². The highest BCUT2D eigenvalue weighted by Gasteiger charge is 2.21. The highest BCUT2D eigenvalue weighted by Crippen LogP contribution is 2.36. The lowest BCUT2D eigenvalue weighted by Crippen LogP contribution is -2.33. The predicted octanol–water partition coefficient (Wildman–Crippen LogP) is 3.66. The zero-order chi connectivity index (χ0) is 17.5. The normalized spacial score (nSPS) is 11.8. The van der Waals surface area contributed by atoms with Gasteiger partial charge in [-0.15, -0.1) is 6.58 Å². The molecule has 1 unspecified atom stereocenters. The van der Waals surface area contributed by atoms with Gasteiger partial charge < -0.3 is 20.5 Å². The molecule has 2 rings (SSSR count). The standard InChI is InChI=1S/C20H26N2O2/c1-4-9-15-12-16(13-19(24-3)20(15)23)18(14-21)22(5-2)17-10-7-6-8-11-17/h4,6-8,10-13,18,23H,1,5,9,14,21H2,2-3H3. The molecule has 0 aliphatic rings. The van der Waals surface area contributed by atoms with Crippen LogP contribution in [0, 0.1) is 0 Å². The molecule has 0 aliphatic heterocycles. The fourth-order valence-corrected chi connectivity index (χ4v) is 2.99. The first-order chi connectivity index (χ1) is 11.7. The summed E-state index contributed by atoms with van der Waals surface area (Å²) in [5.41, 5.74) is 9.04. The van der Waals surface area contributed by atoms with Gasteiger partial charge >= 0.3 is 0 Å². The van der Waals surface area contributed by atoms with Crippen molar-refractivity contribution in [2.24, 2.45) is 5.73 Å². The van der Waals surface area contributed by atoms with Crippen LogP contribution in [0.2, 0.25) is 0 Å². The zero-order valence-corrected chi connectivity index (χ0v) is 14.4. The third kappa shape index (κ3) is 3.71. The number of hydrogen-bond donors (Lipinski definition) is 2. The molecule has 3 N–H and O–H groups in total. The largest absolute Gasteiger partial charge is 0.504 e. The van der Waals surface area contributed by atoms with Crippen molar-refractivity contribution in [3.63, 3.8) is 0 Å². The number of phenolic OH excluding ortho intramolecular Hbond substituents is 1. The summed E-state index contributed by atoms with van der Waals surface area (Å²) in [6.07, 6.45) is 2.34. The molecule has 128 valence electrons. The second-order valence-corrected chi connectivity index (χ2v) is 5.60. The molecule has 0 saturated heterocycles. The molecule has 2 aromatic rings. The van der Waals surface area contributed by atoms with Gasteiger partial charge in [0.05, 0.1) is 13.2 Å². The van der Waals surface area contributed by atoms with Gasteiger partial charge in [0.25, 0.3) is 0 Å². The van der Waals surface area contributed by atoms with Gasteiger partial charge in [-0.1, -0.05) is 24.3 Å². The second-order valence-electron chi connectivity index (χ2n) is 5.60. The summed E-state index contributed by atoms with van der Waals surface area (Å²) in [6, 6.07) is 14.0. The zero-order valence-electron chi connectivity index (χ0n) is 14.4. The van der Waals surface area contributed by atoms with Gasteiger partial charge in [-0.25, -0.2) is 0 Å². The Hall–Kier alpha value is -2.46. The molecule has 0 fully saturated rings. The Morgan fingerprint density at radius 1 is 1.29 bits per heavy atom. The van der Waals surface area contributed by atoms with E-state index in [2.05, 4.69) is 30.5 Å². The van der Waals surface area contributed by atoms with Crippen molar-refractivity contribution < 1.29 is 9.84 Å². The topological polar surface area (TPSA) is 58.7 Å². The van der Waals surface area contributed by atoms with Crippen LogP contribution in [0.5, 0.6) is 11.5 Å². The molecule has 0 aromatic heterocycles. The maximum absolute atomic E-state index is 10.3. The summed E-state index contributed by atoms with van der Waals surface area (Å²) in [4.78, 5) is 2.25. The minimum absolute atomic E-state index is 0.00420. The van der Waals surface area contributed by atoms with Crippen LogP contribution >= 0.6 is 0 Å². The first kappa shape index (κ1) is 17.9. The first-order valence-corrected chi connectivity index (χ1v) is 8.18. The molecule has 24 heavy (non-hydrogen) atoms. The molecular formula is C20H26N2O2. The molecular weight excluding hydrogens is 300 g/mol. The van der Waals surface area contributed by atoms with Crippen LogP contribution in [0.1, 0.15) is 24.1 Å². The van der Waals surface area contributed by atoms with Crippen molar-refractivity contribution in [2.75, 3.05) is 25.1 Å². The van der Waals surface area contributed by atoms with Crippen LogP contribution in [0.3, 0.4) is 0 Å². The number of benzene rings is 2. The summed E-state index contributed by atoms with van der Waals surface area (Å²) >= 11 is 0. The molecule has 0 aliphatic carbocycles. The Morgan fingerprint density at radius 3 is 2.54 bits per heavy atom. The van der Waals surface area contributed by atoms with Crippen molar-refractivity contribution in [1.82, 2.24) is 0 Å². The van der Waals surface area contributed by atoms with Gasteiger partial charge in [-0.2, -0.15) is 0 Å². The Balaban J connectivity index is 2.49. The first-order valence-electron chi connectivity index (χ1n) is 8.18. The minimum Gasteiger partial charge on any atom is -0.504 e. The van der Waals surface area contributed by atoms with Crippen LogP contribution in [-0.2, 0) is 6.42 Å². The monoisotopic (exact) mass is 326 g/mol. The Bertz CT molecular complexity index is 671. The second kappa shape index (κ2) is 8.41. The van der Waals surface area contributed by atoms with Crippen LogP contribution < -0.4 is 15.4 Å². The number of anilines is 1. The van der Waals surface area contributed by atoms with E-state index < -0.39 is 0 Å². The summed E-state index contributed by atoms with van der Waals surface area (Å²) in [5, 5.41) is 10.3. The number of likely N-dealkylation sites (N-methyl/N-ethyl adjacent to an activating group) is 1. The molecule has 4 nitrogen and oxygen atoms in total. The third-order valence-electron chi connectivity index (χ3n) is 4.17. The van der Waals surface area contributed by atoms with Crippen molar-refractivity contribution >= 4 is 5.69 Å². The molecule has 0 amide bonds. The van der Waals surface area contributed by atoms with E-state index in [1.807, 2.05) is 30.3 Å². The number of nitrogens with two attached hydrogens (primary N) is 1. The van der Waals surface area contributed by atoms with Crippen molar-refractivity contribution in [3.8, 4) is 11.5 Å². The number of rotatable bonds is 8. The fraction of sp³-hybridized carbons (Fsp3) is 0.300.